The van der Waals surface area contributed by atoms with E-state index in [1.807, 2.05) is 0 Å². The fraction of sp³-hybridized carbons (Fsp3) is 0.286. The van der Waals surface area contributed by atoms with Crippen LogP contribution >= 0.6 is 0 Å². The molecule has 3 nitrogen and oxygen atoms in total. The highest BCUT2D eigenvalue weighted by Crippen LogP contribution is 2.35. The molecular weight excluding hydrogens is 216 g/mol. The number of fused-ring (bicyclic) bond motifs is 1. The molecule has 1 atom stereocenters. The van der Waals surface area contributed by atoms with Crippen LogP contribution in [0.3, 0.4) is 0 Å². The standard InChI is InChI=1S/C14H12O3/c15-8-5-6-11-12(7-8)14(17)10-4-2-1-3-9(10)13(11)16/h1-4,8,15H,5-7H2. The molecule has 0 amide bonds. The number of allylic oxidation sites excluding steroid dienone is 1. The van der Waals surface area contributed by atoms with Crippen molar-refractivity contribution in [2.24, 2.45) is 0 Å². The van der Waals surface area contributed by atoms with E-state index in [1.165, 1.54) is 0 Å². The highest BCUT2D eigenvalue weighted by Gasteiger charge is 2.34. The normalized spacial score (nSPS) is 23.5. The van der Waals surface area contributed by atoms with Crippen LogP contribution < -0.4 is 0 Å². The maximum Gasteiger partial charge on any atom is 0.190 e. The second kappa shape index (κ2) is 3.64. The van der Waals surface area contributed by atoms with Crippen molar-refractivity contribution in [3.05, 3.63) is 46.5 Å². The number of hydrogen-bond acceptors (Lipinski definition) is 3. The van der Waals surface area contributed by atoms with Crippen LogP contribution in [0.4, 0.5) is 0 Å². The van der Waals surface area contributed by atoms with Crippen molar-refractivity contribution >= 4 is 11.6 Å². The highest BCUT2D eigenvalue weighted by molar-refractivity contribution is 6.27. The van der Waals surface area contributed by atoms with Gasteiger partial charge in [0.25, 0.3) is 0 Å². The molecule has 1 aromatic rings. The minimum absolute atomic E-state index is 0.0397. The average molecular weight is 228 g/mol. The molecule has 2 aliphatic rings. The van der Waals surface area contributed by atoms with E-state index in [1.54, 1.807) is 24.3 Å². The molecule has 0 aromatic heterocycles. The molecule has 3 heteroatoms. The SMILES string of the molecule is O=C1C2=C(CC(O)CC2)C(=O)c2ccccc21. The van der Waals surface area contributed by atoms with Gasteiger partial charge in [0.05, 0.1) is 6.10 Å². The second-order valence-electron chi connectivity index (χ2n) is 4.56. The molecule has 0 fully saturated rings. The average Bonchev–Trinajstić information content (AvgIpc) is 2.36. The van der Waals surface area contributed by atoms with E-state index in [4.69, 9.17) is 0 Å². The van der Waals surface area contributed by atoms with Crippen molar-refractivity contribution in [1.82, 2.24) is 0 Å². The summed E-state index contributed by atoms with van der Waals surface area (Å²) in [6, 6.07) is 6.91. The summed E-state index contributed by atoms with van der Waals surface area (Å²) in [5.74, 6) is -0.129. The molecule has 17 heavy (non-hydrogen) atoms. The van der Waals surface area contributed by atoms with Crippen LogP contribution in [-0.2, 0) is 0 Å². The lowest BCUT2D eigenvalue weighted by Crippen LogP contribution is -2.28. The van der Waals surface area contributed by atoms with E-state index < -0.39 is 6.10 Å². The second-order valence-corrected chi connectivity index (χ2v) is 4.56. The Morgan fingerprint density at radius 2 is 1.59 bits per heavy atom. The summed E-state index contributed by atoms with van der Waals surface area (Å²) in [6.45, 7) is 0. The minimum atomic E-state index is -0.490. The Hall–Kier alpha value is -1.74. The van der Waals surface area contributed by atoms with Gasteiger partial charge in [-0.2, -0.15) is 0 Å². The topological polar surface area (TPSA) is 54.4 Å². The van der Waals surface area contributed by atoms with Crippen molar-refractivity contribution in [2.45, 2.75) is 25.4 Å². The zero-order valence-electron chi connectivity index (χ0n) is 9.27. The lowest BCUT2D eigenvalue weighted by atomic mass is 9.77. The summed E-state index contributed by atoms with van der Waals surface area (Å²) >= 11 is 0. The molecule has 0 heterocycles. The lowest BCUT2D eigenvalue weighted by Gasteiger charge is -2.27. The lowest BCUT2D eigenvalue weighted by molar-refractivity contribution is 0.0929. The number of benzene rings is 1. The Kier molecular flexibility index (Phi) is 2.23. The van der Waals surface area contributed by atoms with Gasteiger partial charge in [-0.15, -0.1) is 0 Å². The summed E-state index contributed by atoms with van der Waals surface area (Å²) < 4.78 is 0. The van der Waals surface area contributed by atoms with Gasteiger partial charge >= 0.3 is 0 Å². The van der Waals surface area contributed by atoms with Crippen LogP contribution in [0, 0.1) is 0 Å². The predicted molar refractivity (Wildman–Crippen MR) is 62.0 cm³/mol. The number of Topliss-reactive ketones (excluding diaryl/α,β-unsaturated/α-hetero) is 2. The van der Waals surface area contributed by atoms with Gasteiger partial charge in [0, 0.05) is 28.7 Å². The maximum absolute atomic E-state index is 12.2. The molecule has 0 saturated heterocycles. The van der Waals surface area contributed by atoms with Gasteiger partial charge in [0.1, 0.15) is 0 Å². The van der Waals surface area contributed by atoms with E-state index in [0.29, 0.717) is 41.5 Å². The van der Waals surface area contributed by atoms with E-state index >= 15 is 0 Å². The van der Waals surface area contributed by atoms with Crippen LogP contribution in [0.5, 0.6) is 0 Å². The van der Waals surface area contributed by atoms with Crippen molar-refractivity contribution < 1.29 is 14.7 Å². The zero-order chi connectivity index (χ0) is 12.0. The monoisotopic (exact) mass is 228 g/mol. The summed E-state index contributed by atoms with van der Waals surface area (Å²) in [4.78, 5) is 24.4. The van der Waals surface area contributed by atoms with Crippen LogP contribution in [0.15, 0.2) is 35.4 Å². The number of hydrogen-bond donors (Lipinski definition) is 1. The number of aliphatic hydroxyl groups is 1. The fourth-order valence-corrected chi connectivity index (χ4v) is 2.61. The molecule has 0 aliphatic heterocycles. The van der Waals surface area contributed by atoms with Crippen LogP contribution in [-0.4, -0.2) is 22.8 Å². The van der Waals surface area contributed by atoms with Gasteiger partial charge in [-0.3, -0.25) is 9.59 Å². The molecular formula is C14H12O3. The van der Waals surface area contributed by atoms with Crippen molar-refractivity contribution in [3.8, 4) is 0 Å². The van der Waals surface area contributed by atoms with Gasteiger partial charge in [-0.1, -0.05) is 24.3 Å². The maximum atomic E-state index is 12.2. The molecule has 0 spiro atoms. The number of carbonyl (C=O) groups excluding carboxylic acids is 2. The minimum Gasteiger partial charge on any atom is -0.393 e. The van der Waals surface area contributed by atoms with Crippen LogP contribution in [0.2, 0.25) is 0 Å². The number of ketones is 2. The third-order valence-electron chi connectivity index (χ3n) is 3.50. The first-order valence-corrected chi connectivity index (χ1v) is 5.77. The largest absolute Gasteiger partial charge is 0.393 e. The molecule has 1 unspecified atom stereocenters. The van der Waals surface area contributed by atoms with E-state index in [0.717, 1.165) is 0 Å². The zero-order valence-corrected chi connectivity index (χ0v) is 9.27. The van der Waals surface area contributed by atoms with Gasteiger partial charge in [0.2, 0.25) is 0 Å². The van der Waals surface area contributed by atoms with Crippen molar-refractivity contribution in [2.75, 3.05) is 0 Å². The number of aliphatic hydroxyl groups excluding tert-OH is 1. The molecule has 0 bridgehead atoms. The summed E-state index contributed by atoms with van der Waals surface area (Å²) in [6.07, 6.45) is 0.902. The van der Waals surface area contributed by atoms with Crippen molar-refractivity contribution in [1.29, 1.82) is 0 Å². The Balaban J connectivity index is 2.17. The molecule has 2 aliphatic carbocycles. The van der Waals surface area contributed by atoms with Gasteiger partial charge in [-0.25, -0.2) is 0 Å². The summed E-state index contributed by atoms with van der Waals surface area (Å²) in [7, 11) is 0. The Labute approximate surface area is 98.8 Å². The highest BCUT2D eigenvalue weighted by atomic mass is 16.3. The third-order valence-corrected chi connectivity index (χ3v) is 3.50. The molecule has 1 aromatic carbocycles. The number of carbonyl (C=O) groups is 2. The van der Waals surface area contributed by atoms with Crippen molar-refractivity contribution in [3.63, 3.8) is 0 Å². The van der Waals surface area contributed by atoms with Gasteiger partial charge < -0.3 is 5.11 Å². The first-order chi connectivity index (χ1) is 8.18. The van der Waals surface area contributed by atoms with E-state index in [-0.39, 0.29) is 11.6 Å². The first-order valence-electron chi connectivity index (χ1n) is 5.77. The smallest absolute Gasteiger partial charge is 0.190 e. The summed E-state index contributed by atoms with van der Waals surface area (Å²) in [5, 5.41) is 9.60. The molecule has 3 rings (SSSR count). The summed E-state index contributed by atoms with van der Waals surface area (Å²) in [5.41, 5.74) is 2.12. The number of rotatable bonds is 0. The molecule has 1 N–H and O–H groups in total. The molecule has 86 valence electrons. The van der Waals surface area contributed by atoms with E-state index in [9.17, 15) is 14.7 Å². The Morgan fingerprint density at radius 1 is 1.00 bits per heavy atom. The van der Waals surface area contributed by atoms with Gasteiger partial charge in [-0.05, 0) is 12.8 Å². The van der Waals surface area contributed by atoms with E-state index in [2.05, 4.69) is 0 Å². The molecule has 0 radical (unpaired) electrons. The van der Waals surface area contributed by atoms with Gasteiger partial charge in [0.15, 0.2) is 11.6 Å². The molecule has 0 saturated carbocycles. The quantitative estimate of drug-likeness (QED) is 0.738. The Morgan fingerprint density at radius 3 is 2.24 bits per heavy atom. The fourth-order valence-electron chi connectivity index (χ4n) is 2.61. The third kappa shape index (κ3) is 1.46. The first kappa shape index (κ1) is 10.4. The predicted octanol–water partition coefficient (Wildman–Crippen LogP) is 1.91. The van der Waals surface area contributed by atoms with Crippen LogP contribution in [0.25, 0.3) is 0 Å². The Bertz CT molecular complexity index is 554. The van der Waals surface area contributed by atoms with Crippen LogP contribution in [0.1, 0.15) is 40.0 Å².